The summed E-state index contributed by atoms with van der Waals surface area (Å²) in [5, 5.41) is 34.0. The zero-order chi connectivity index (χ0) is 31.8. The number of hydrogen-bond acceptors (Lipinski definition) is 7. The van der Waals surface area contributed by atoms with Crippen molar-refractivity contribution in [1.82, 2.24) is 5.32 Å². The number of aliphatic hydroxyl groups is 1. The molecule has 45 heavy (non-hydrogen) atoms. The molecule has 10 heteroatoms. The number of carboxylic acid groups (broad SMARTS) is 1. The van der Waals surface area contributed by atoms with Gasteiger partial charge in [-0.3, -0.25) is 9.59 Å². The molecule has 234 valence electrons. The SMILES string of the molecule is CC1C(CSc2cccc[n+]2[O-])OC(c2cccc(-c3cccc(CNC(=O)CCC(=O)O)c3)c2)OC1c1ccc(CO)cc1. The lowest BCUT2D eigenvalue weighted by Gasteiger charge is -2.41. The number of nitrogens with one attached hydrogen (secondary N) is 1. The smallest absolute Gasteiger partial charge is 0.303 e. The van der Waals surface area contributed by atoms with Gasteiger partial charge in [-0.15, -0.1) is 0 Å². The number of carbonyl (C=O) groups is 2. The van der Waals surface area contributed by atoms with Crippen molar-refractivity contribution in [2.24, 2.45) is 5.92 Å². The quantitative estimate of drug-likeness (QED) is 0.106. The van der Waals surface area contributed by atoms with Gasteiger partial charge in [0.05, 0.1) is 25.2 Å². The fourth-order valence-corrected chi connectivity index (χ4v) is 6.32. The fraction of sp³-hybridized carbons (Fsp3) is 0.286. The number of thioether (sulfide) groups is 1. The second-order valence-corrected chi connectivity index (χ2v) is 12.0. The molecule has 1 fully saturated rings. The molecule has 4 atom stereocenters. The van der Waals surface area contributed by atoms with Crippen molar-refractivity contribution in [2.45, 2.75) is 56.4 Å². The van der Waals surface area contributed by atoms with Gasteiger partial charge in [0.2, 0.25) is 5.91 Å². The third-order valence-corrected chi connectivity index (χ3v) is 8.89. The van der Waals surface area contributed by atoms with E-state index in [0.29, 0.717) is 17.3 Å². The second kappa shape index (κ2) is 15.2. The first-order valence-corrected chi connectivity index (χ1v) is 15.8. The first-order chi connectivity index (χ1) is 21.8. The Balaban J connectivity index is 1.36. The summed E-state index contributed by atoms with van der Waals surface area (Å²) in [6.07, 6.45) is 0.0370. The van der Waals surface area contributed by atoms with Crippen LogP contribution in [0.3, 0.4) is 0 Å². The highest BCUT2D eigenvalue weighted by molar-refractivity contribution is 7.99. The summed E-state index contributed by atoms with van der Waals surface area (Å²) in [6.45, 7) is 2.34. The van der Waals surface area contributed by atoms with Crippen LogP contribution in [-0.2, 0) is 32.2 Å². The van der Waals surface area contributed by atoms with Gasteiger partial charge in [0.1, 0.15) is 0 Å². The molecular formula is C35H36N2O7S. The van der Waals surface area contributed by atoms with Crippen LogP contribution in [0.5, 0.6) is 0 Å². The lowest BCUT2D eigenvalue weighted by molar-refractivity contribution is -0.645. The number of carbonyl (C=O) groups excluding carboxylic acids is 1. The highest BCUT2D eigenvalue weighted by Gasteiger charge is 2.38. The van der Waals surface area contributed by atoms with E-state index in [0.717, 1.165) is 38.1 Å². The third kappa shape index (κ3) is 8.49. The van der Waals surface area contributed by atoms with E-state index < -0.39 is 12.3 Å². The molecule has 0 aliphatic carbocycles. The molecule has 0 spiro atoms. The third-order valence-electron chi connectivity index (χ3n) is 7.78. The predicted molar refractivity (Wildman–Crippen MR) is 170 cm³/mol. The lowest BCUT2D eigenvalue weighted by Crippen LogP contribution is -2.39. The maximum atomic E-state index is 12.3. The summed E-state index contributed by atoms with van der Waals surface area (Å²) in [5.41, 5.74) is 5.43. The largest absolute Gasteiger partial charge is 0.618 e. The van der Waals surface area contributed by atoms with Crippen LogP contribution in [0.25, 0.3) is 11.1 Å². The Labute approximate surface area is 266 Å². The van der Waals surface area contributed by atoms with E-state index in [1.807, 2.05) is 78.9 Å². The summed E-state index contributed by atoms with van der Waals surface area (Å²) in [5.74, 6) is -0.784. The number of aliphatic carboxylic acids is 1. The fourth-order valence-electron chi connectivity index (χ4n) is 5.24. The number of benzene rings is 3. The summed E-state index contributed by atoms with van der Waals surface area (Å²) in [6, 6.07) is 28.8. The number of aromatic nitrogens is 1. The summed E-state index contributed by atoms with van der Waals surface area (Å²) < 4.78 is 14.1. The van der Waals surface area contributed by atoms with Crippen LogP contribution in [0.15, 0.2) is 102 Å². The molecule has 0 bridgehead atoms. The molecule has 0 radical (unpaired) electrons. The van der Waals surface area contributed by atoms with Crippen LogP contribution in [0, 0.1) is 11.1 Å². The van der Waals surface area contributed by atoms with E-state index in [1.165, 1.54) is 18.0 Å². The van der Waals surface area contributed by atoms with Crippen molar-refractivity contribution in [3.63, 3.8) is 0 Å². The van der Waals surface area contributed by atoms with E-state index in [1.54, 1.807) is 12.1 Å². The van der Waals surface area contributed by atoms with Crippen LogP contribution in [0.2, 0.25) is 0 Å². The van der Waals surface area contributed by atoms with Gasteiger partial charge in [0.15, 0.2) is 12.5 Å². The first-order valence-electron chi connectivity index (χ1n) is 14.8. The molecule has 1 aliphatic rings. The number of carboxylic acids is 1. The Morgan fingerprint density at radius 1 is 0.889 bits per heavy atom. The molecule has 5 rings (SSSR count). The van der Waals surface area contributed by atoms with Gasteiger partial charge in [0.25, 0.3) is 5.03 Å². The molecule has 1 saturated heterocycles. The number of aliphatic hydroxyl groups excluding tert-OH is 1. The van der Waals surface area contributed by atoms with Crippen LogP contribution in [0.1, 0.15) is 54.4 Å². The van der Waals surface area contributed by atoms with Crippen LogP contribution < -0.4 is 10.0 Å². The summed E-state index contributed by atoms with van der Waals surface area (Å²) >= 11 is 1.45. The topological polar surface area (TPSA) is 132 Å². The van der Waals surface area contributed by atoms with Crippen molar-refractivity contribution in [1.29, 1.82) is 0 Å². The molecule has 0 saturated carbocycles. The molecular weight excluding hydrogens is 592 g/mol. The Kier molecular flexibility index (Phi) is 10.9. The number of amides is 1. The summed E-state index contributed by atoms with van der Waals surface area (Å²) in [4.78, 5) is 22.8. The number of nitrogens with zero attached hydrogens (tertiary/aromatic N) is 1. The summed E-state index contributed by atoms with van der Waals surface area (Å²) in [7, 11) is 0. The highest BCUT2D eigenvalue weighted by atomic mass is 32.2. The lowest BCUT2D eigenvalue weighted by atomic mass is 9.91. The van der Waals surface area contributed by atoms with Gasteiger partial charge in [-0.1, -0.05) is 79.3 Å². The maximum absolute atomic E-state index is 12.3. The van der Waals surface area contributed by atoms with Crippen LogP contribution in [-0.4, -0.2) is 33.9 Å². The van der Waals surface area contributed by atoms with Gasteiger partial charge in [0, 0.05) is 42.3 Å². The monoisotopic (exact) mass is 628 g/mol. The van der Waals surface area contributed by atoms with Crippen molar-refractivity contribution in [2.75, 3.05) is 5.75 Å². The Hall–Kier alpha value is -4.22. The van der Waals surface area contributed by atoms with Gasteiger partial charge in [-0.05, 0) is 46.0 Å². The minimum Gasteiger partial charge on any atom is -0.618 e. The highest BCUT2D eigenvalue weighted by Crippen LogP contribution is 2.43. The zero-order valence-corrected chi connectivity index (χ0v) is 25.7. The molecule has 1 aliphatic heterocycles. The zero-order valence-electron chi connectivity index (χ0n) is 24.9. The van der Waals surface area contributed by atoms with E-state index in [-0.39, 0.29) is 43.5 Å². The molecule has 4 unspecified atom stereocenters. The number of ether oxygens (including phenoxy) is 2. The second-order valence-electron chi connectivity index (χ2n) is 11.0. The maximum Gasteiger partial charge on any atom is 0.303 e. The number of hydrogen-bond donors (Lipinski definition) is 3. The van der Waals surface area contributed by atoms with Gasteiger partial charge < -0.3 is 30.2 Å². The van der Waals surface area contributed by atoms with Crippen molar-refractivity contribution in [3.8, 4) is 11.1 Å². The van der Waals surface area contributed by atoms with Crippen molar-refractivity contribution >= 4 is 23.6 Å². The molecule has 1 aromatic heterocycles. The molecule has 3 N–H and O–H groups in total. The predicted octanol–water partition coefficient (Wildman–Crippen LogP) is 5.54. The van der Waals surface area contributed by atoms with Gasteiger partial charge in [-0.25, -0.2) is 0 Å². The van der Waals surface area contributed by atoms with E-state index in [4.69, 9.17) is 14.6 Å². The average Bonchev–Trinajstić information content (AvgIpc) is 3.07. The van der Waals surface area contributed by atoms with Gasteiger partial charge >= 0.3 is 5.97 Å². The molecule has 4 aromatic rings. The van der Waals surface area contributed by atoms with Crippen molar-refractivity contribution < 1.29 is 34.0 Å². The number of rotatable bonds is 12. The Morgan fingerprint density at radius 2 is 1.64 bits per heavy atom. The standard InChI is InChI=1S/C35H36N2O7S/c1-23-30(22-45-32-10-2-3-17-37(32)42)43-35(44-34(23)26-13-11-24(21-38)12-14-26)29-9-5-8-28(19-29)27-7-4-6-25(18-27)20-36-31(39)15-16-33(40)41/h2-14,17-19,23,30,34-35,38H,15-16,20-22H2,1H3,(H,36,39)(H,40,41). The number of pyridine rings is 1. The minimum absolute atomic E-state index is 0.0249. The van der Waals surface area contributed by atoms with E-state index >= 15 is 0 Å². The Bertz CT molecular complexity index is 1610. The minimum atomic E-state index is -1.00. The van der Waals surface area contributed by atoms with E-state index in [2.05, 4.69) is 12.2 Å². The first kappa shape index (κ1) is 32.2. The Morgan fingerprint density at radius 3 is 2.38 bits per heavy atom. The molecule has 9 nitrogen and oxygen atoms in total. The molecule has 2 heterocycles. The van der Waals surface area contributed by atoms with E-state index in [9.17, 15) is 19.9 Å². The average molecular weight is 629 g/mol. The molecule has 3 aromatic carbocycles. The van der Waals surface area contributed by atoms with Crippen LogP contribution in [0.4, 0.5) is 0 Å². The van der Waals surface area contributed by atoms with Crippen LogP contribution >= 0.6 is 11.8 Å². The molecule has 1 amide bonds. The van der Waals surface area contributed by atoms with Crippen molar-refractivity contribution in [3.05, 3.63) is 125 Å². The normalized spacial score (nSPS) is 19.6. The van der Waals surface area contributed by atoms with Gasteiger partial charge in [-0.2, -0.15) is 4.73 Å².